The third-order valence-electron chi connectivity index (χ3n) is 3.95. The molecule has 0 aliphatic carbocycles. The first kappa shape index (κ1) is 22.7. The van der Waals surface area contributed by atoms with Crippen LogP contribution in [-0.2, 0) is 26.0 Å². The van der Waals surface area contributed by atoms with Gasteiger partial charge in [-0.25, -0.2) is 4.79 Å². The largest absolute Gasteiger partial charge is 0.457 e. The van der Waals surface area contributed by atoms with Crippen molar-refractivity contribution >= 4 is 11.9 Å². The van der Waals surface area contributed by atoms with Gasteiger partial charge in [-0.1, -0.05) is 18.7 Å². The third kappa shape index (κ3) is 6.41. The van der Waals surface area contributed by atoms with Crippen molar-refractivity contribution in [2.45, 2.75) is 58.9 Å². The van der Waals surface area contributed by atoms with Crippen molar-refractivity contribution in [2.24, 2.45) is 5.92 Å². The Balaban J connectivity index is 2.87. The monoisotopic (exact) mass is 385 g/mol. The second-order valence-electron chi connectivity index (χ2n) is 7.94. The van der Waals surface area contributed by atoms with Gasteiger partial charge in [-0.15, -0.1) is 0 Å². The van der Waals surface area contributed by atoms with Gasteiger partial charge in [-0.3, -0.25) is 4.79 Å². The van der Waals surface area contributed by atoms with E-state index in [0.717, 1.165) is 12.1 Å². The van der Waals surface area contributed by atoms with Crippen LogP contribution in [0.3, 0.4) is 0 Å². The number of halogens is 3. The Morgan fingerprint density at radius 2 is 1.44 bits per heavy atom. The Morgan fingerprint density at radius 1 is 1.00 bits per heavy atom. The smallest absolute Gasteiger partial charge is 0.416 e. The average molecular weight is 385 g/mol. The Kier molecular flexibility index (Phi) is 6.52. The van der Waals surface area contributed by atoms with Gasteiger partial charge >= 0.3 is 12.1 Å². The predicted molar refractivity (Wildman–Crippen MR) is 96.8 cm³/mol. The molecule has 0 heterocycles. The molecule has 1 N–H and O–H groups in total. The van der Waals surface area contributed by atoms with Crippen molar-refractivity contribution < 1.29 is 27.5 Å². The molecular weight excluding hydrogens is 359 g/mol. The minimum Gasteiger partial charge on any atom is -0.457 e. The highest BCUT2D eigenvalue weighted by molar-refractivity contribution is 5.96. The minimum atomic E-state index is -4.43. The minimum absolute atomic E-state index is 0.00523. The molecule has 150 valence electrons. The van der Waals surface area contributed by atoms with E-state index in [2.05, 4.69) is 11.9 Å². The maximum atomic E-state index is 12.7. The molecule has 1 atom stereocenters. The van der Waals surface area contributed by atoms with Gasteiger partial charge in [0.05, 0.1) is 17.0 Å². The van der Waals surface area contributed by atoms with E-state index in [1.54, 1.807) is 34.6 Å². The normalized spacial score (nSPS) is 13.7. The summed E-state index contributed by atoms with van der Waals surface area (Å²) in [5, 5.41) is 2.74. The molecule has 0 aromatic heterocycles. The number of esters is 1. The highest BCUT2D eigenvalue weighted by Gasteiger charge is 2.33. The molecule has 0 saturated carbocycles. The van der Waals surface area contributed by atoms with E-state index in [0.29, 0.717) is 5.56 Å². The molecule has 0 bridgehead atoms. The van der Waals surface area contributed by atoms with Gasteiger partial charge in [0.2, 0.25) is 5.91 Å². The molecule has 1 amide bonds. The lowest BCUT2D eigenvalue weighted by molar-refractivity contribution is -0.151. The number of ether oxygens (including phenoxy) is 1. The van der Waals surface area contributed by atoms with E-state index in [9.17, 15) is 22.8 Å². The van der Waals surface area contributed by atoms with Gasteiger partial charge in [0.1, 0.15) is 5.60 Å². The Labute approximate surface area is 157 Å². The van der Waals surface area contributed by atoms with Crippen LogP contribution in [0, 0.1) is 5.92 Å². The fraction of sp³-hybridized carbons (Fsp3) is 0.500. The van der Waals surface area contributed by atoms with Crippen LogP contribution in [0.1, 0.15) is 52.7 Å². The zero-order valence-electron chi connectivity index (χ0n) is 16.5. The molecule has 0 saturated heterocycles. The van der Waals surface area contributed by atoms with Crippen LogP contribution in [-0.4, -0.2) is 17.5 Å². The van der Waals surface area contributed by atoms with E-state index >= 15 is 0 Å². The van der Waals surface area contributed by atoms with Gasteiger partial charge in [-0.05, 0) is 59.2 Å². The average Bonchev–Trinajstić information content (AvgIpc) is 2.50. The number of amides is 1. The molecule has 0 radical (unpaired) electrons. The third-order valence-corrected chi connectivity index (χ3v) is 3.95. The molecule has 0 spiro atoms. The van der Waals surface area contributed by atoms with Crippen LogP contribution in [0.2, 0.25) is 0 Å². The zero-order chi connectivity index (χ0) is 21.2. The van der Waals surface area contributed by atoms with Gasteiger partial charge in [-0.2, -0.15) is 13.2 Å². The number of carbonyl (C=O) groups is 2. The van der Waals surface area contributed by atoms with E-state index in [1.807, 2.05) is 0 Å². The molecule has 4 nitrogen and oxygen atoms in total. The van der Waals surface area contributed by atoms with Gasteiger partial charge in [0, 0.05) is 5.57 Å². The fourth-order valence-corrected chi connectivity index (χ4v) is 2.24. The molecule has 1 aromatic carbocycles. The number of hydrogen-bond acceptors (Lipinski definition) is 3. The first-order valence-corrected chi connectivity index (χ1v) is 8.46. The number of rotatable bonds is 5. The molecule has 7 heteroatoms. The van der Waals surface area contributed by atoms with Crippen molar-refractivity contribution in [1.82, 2.24) is 5.32 Å². The van der Waals surface area contributed by atoms with E-state index in [4.69, 9.17) is 4.74 Å². The highest BCUT2D eigenvalue weighted by Crippen LogP contribution is 2.31. The van der Waals surface area contributed by atoms with Gasteiger partial charge < -0.3 is 10.1 Å². The molecule has 27 heavy (non-hydrogen) atoms. The van der Waals surface area contributed by atoms with Crippen LogP contribution in [0.4, 0.5) is 13.2 Å². The van der Waals surface area contributed by atoms with Gasteiger partial charge in [0.25, 0.3) is 0 Å². The van der Waals surface area contributed by atoms with Crippen LogP contribution in [0.5, 0.6) is 0 Å². The quantitative estimate of drug-likeness (QED) is 0.596. The Hall–Kier alpha value is -2.31. The summed E-state index contributed by atoms with van der Waals surface area (Å²) in [6.07, 6.45) is -4.43. The molecule has 0 aliphatic rings. The first-order chi connectivity index (χ1) is 12.0. The van der Waals surface area contributed by atoms with Gasteiger partial charge in [0.15, 0.2) is 0 Å². The summed E-state index contributed by atoms with van der Waals surface area (Å²) in [7, 11) is 0. The van der Waals surface area contributed by atoms with Crippen LogP contribution < -0.4 is 5.32 Å². The van der Waals surface area contributed by atoms with Crippen LogP contribution in [0.15, 0.2) is 36.4 Å². The number of benzene rings is 1. The number of hydrogen-bond donors (Lipinski definition) is 1. The van der Waals surface area contributed by atoms with E-state index in [-0.39, 0.29) is 5.57 Å². The number of alkyl halides is 3. The van der Waals surface area contributed by atoms with Crippen molar-refractivity contribution in [3.8, 4) is 0 Å². The standard InChI is InChI=1S/C20H26F3NO3/c1-12(13(2)17(26)27-18(3,4)5)16(25)24-19(6,7)14-8-10-15(11-9-14)20(21,22)23/h8-12H,2H2,1,3-7H3,(H,24,25). The molecule has 1 aromatic rings. The second kappa shape index (κ2) is 7.74. The van der Waals surface area contributed by atoms with Crippen molar-refractivity contribution in [3.63, 3.8) is 0 Å². The summed E-state index contributed by atoms with van der Waals surface area (Å²) in [4.78, 5) is 24.6. The molecular formula is C20H26F3NO3. The summed E-state index contributed by atoms with van der Waals surface area (Å²) >= 11 is 0. The Bertz CT molecular complexity index is 713. The molecule has 0 fully saturated rings. The lowest BCUT2D eigenvalue weighted by Crippen LogP contribution is -2.44. The second-order valence-corrected chi connectivity index (χ2v) is 7.94. The Morgan fingerprint density at radius 3 is 1.85 bits per heavy atom. The molecule has 1 rings (SSSR count). The topological polar surface area (TPSA) is 55.4 Å². The van der Waals surface area contributed by atoms with Crippen molar-refractivity contribution in [2.75, 3.05) is 0 Å². The lowest BCUT2D eigenvalue weighted by atomic mass is 9.91. The first-order valence-electron chi connectivity index (χ1n) is 8.46. The summed E-state index contributed by atoms with van der Waals surface area (Å²) in [6, 6.07) is 4.56. The fourth-order valence-electron chi connectivity index (χ4n) is 2.24. The van der Waals surface area contributed by atoms with E-state index in [1.165, 1.54) is 19.1 Å². The SMILES string of the molecule is C=C(C(=O)OC(C)(C)C)C(C)C(=O)NC(C)(C)c1ccc(C(F)(F)F)cc1. The summed E-state index contributed by atoms with van der Waals surface area (Å²) in [6.45, 7) is 13.6. The lowest BCUT2D eigenvalue weighted by Gasteiger charge is -2.29. The predicted octanol–water partition coefficient (Wildman–Crippen LogP) is 4.59. The van der Waals surface area contributed by atoms with Crippen molar-refractivity contribution in [3.05, 3.63) is 47.5 Å². The number of carbonyl (C=O) groups excluding carboxylic acids is 2. The van der Waals surface area contributed by atoms with Crippen molar-refractivity contribution in [1.29, 1.82) is 0 Å². The summed E-state index contributed by atoms with van der Waals surface area (Å²) in [5.74, 6) is -2.00. The summed E-state index contributed by atoms with van der Waals surface area (Å²) in [5.41, 5.74) is -1.91. The number of nitrogens with one attached hydrogen (secondary N) is 1. The van der Waals surface area contributed by atoms with Crippen LogP contribution in [0.25, 0.3) is 0 Å². The highest BCUT2D eigenvalue weighted by atomic mass is 19.4. The maximum Gasteiger partial charge on any atom is 0.416 e. The van der Waals surface area contributed by atoms with E-state index < -0.39 is 40.7 Å². The van der Waals surface area contributed by atoms with Crippen LogP contribution >= 0.6 is 0 Å². The maximum absolute atomic E-state index is 12.7. The molecule has 1 unspecified atom stereocenters. The molecule has 0 aliphatic heterocycles. The summed E-state index contributed by atoms with van der Waals surface area (Å²) < 4.78 is 43.3. The zero-order valence-corrected chi connectivity index (χ0v) is 16.5.